The molecular formula is C12H18ClN3O2S. The first-order chi connectivity index (χ1) is 9.22. The summed E-state index contributed by atoms with van der Waals surface area (Å²) in [5.41, 5.74) is 0.212. The summed E-state index contributed by atoms with van der Waals surface area (Å²) in [4.78, 5) is 11.8. The Hall–Kier alpha value is -0.720. The van der Waals surface area contributed by atoms with E-state index in [1.807, 2.05) is 11.8 Å². The topological polar surface area (TPSA) is 67.2 Å². The maximum atomic E-state index is 11.8. The van der Waals surface area contributed by atoms with Crippen molar-refractivity contribution in [1.29, 1.82) is 0 Å². The van der Waals surface area contributed by atoms with Gasteiger partial charge >= 0.3 is 0 Å². The lowest BCUT2D eigenvalue weighted by atomic mass is 10.2. The molecule has 0 aliphatic carbocycles. The first kappa shape index (κ1) is 14.7. The number of aliphatic hydroxyl groups excluding tert-OH is 1. The number of anilines is 1. The lowest BCUT2D eigenvalue weighted by molar-refractivity contribution is 0.266. The monoisotopic (exact) mass is 303 g/mol. The van der Waals surface area contributed by atoms with Crippen LogP contribution in [-0.4, -0.2) is 39.0 Å². The molecule has 0 spiro atoms. The van der Waals surface area contributed by atoms with E-state index in [1.54, 1.807) is 6.20 Å². The second-order valence-electron chi connectivity index (χ2n) is 4.49. The summed E-state index contributed by atoms with van der Waals surface area (Å²) in [6.07, 6.45) is 5.31. The van der Waals surface area contributed by atoms with Gasteiger partial charge in [0.1, 0.15) is 5.02 Å². The molecule has 0 radical (unpaired) electrons. The van der Waals surface area contributed by atoms with Gasteiger partial charge in [-0.15, -0.1) is 0 Å². The SMILES string of the molecule is O=c1c(Cl)c(NCC2CCCCS2)cnn1CCO. The molecule has 1 aliphatic rings. The van der Waals surface area contributed by atoms with Gasteiger partial charge in [-0.3, -0.25) is 4.79 Å². The summed E-state index contributed by atoms with van der Waals surface area (Å²) < 4.78 is 1.17. The van der Waals surface area contributed by atoms with Gasteiger partial charge < -0.3 is 10.4 Å². The van der Waals surface area contributed by atoms with Crippen molar-refractivity contribution in [2.24, 2.45) is 0 Å². The first-order valence-corrected chi connectivity index (χ1v) is 7.87. The van der Waals surface area contributed by atoms with Crippen molar-refractivity contribution in [3.63, 3.8) is 0 Å². The van der Waals surface area contributed by atoms with Crippen molar-refractivity contribution >= 4 is 29.1 Å². The third-order valence-corrected chi connectivity index (χ3v) is 4.85. The molecule has 1 aromatic heterocycles. The van der Waals surface area contributed by atoms with Gasteiger partial charge in [0, 0.05) is 11.8 Å². The Morgan fingerprint density at radius 1 is 1.58 bits per heavy atom. The van der Waals surface area contributed by atoms with Crippen molar-refractivity contribution in [3.05, 3.63) is 21.6 Å². The summed E-state index contributed by atoms with van der Waals surface area (Å²) in [6.45, 7) is 0.835. The molecule has 1 aliphatic heterocycles. The molecule has 1 saturated heterocycles. The maximum Gasteiger partial charge on any atom is 0.287 e. The molecule has 5 nitrogen and oxygen atoms in total. The van der Waals surface area contributed by atoms with Crippen LogP contribution in [0.5, 0.6) is 0 Å². The summed E-state index contributed by atoms with van der Waals surface area (Å²) in [5, 5.41) is 16.7. The Morgan fingerprint density at radius 3 is 3.11 bits per heavy atom. The predicted molar refractivity (Wildman–Crippen MR) is 79.2 cm³/mol. The number of nitrogens with zero attached hydrogens (tertiary/aromatic N) is 2. The molecular weight excluding hydrogens is 286 g/mol. The molecule has 1 atom stereocenters. The fourth-order valence-corrected chi connectivity index (χ4v) is 3.49. The number of thioether (sulfide) groups is 1. The van der Waals surface area contributed by atoms with E-state index < -0.39 is 0 Å². The zero-order valence-electron chi connectivity index (χ0n) is 10.6. The molecule has 0 saturated carbocycles. The highest BCUT2D eigenvalue weighted by Crippen LogP contribution is 2.25. The van der Waals surface area contributed by atoms with Crippen molar-refractivity contribution < 1.29 is 5.11 Å². The van der Waals surface area contributed by atoms with Crippen LogP contribution >= 0.6 is 23.4 Å². The van der Waals surface area contributed by atoms with Crippen LogP contribution in [0.3, 0.4) is 0 Å². The number of hydrogen-bond acceptors (Lipinski definition) is 5. The van der Waals surface area contributed by atoms with Crippen LogP contribution in [0.4, 0.5) is 5.69 Å². The quantitative estimate of drug-likeness (QED) is 0.864. The summed E-state index contributed by atoms with van der Waals surface area (Å²) in [5.74, 6) is 1.20. The Morgan fingerprint density at radius 2 is 2.42 bits per heavy atom. The number of aromatic nitrogens is 2. The van der Waals surface area contributed by atoms with Crippen molar-refractivity contribution in [2.45, 2.75) is 31.1 Å². The fourth-order valence-electron chi connectivity index (χ4n) is 2.03. The van der Waals surface area contributed by atoms with Crippen LogP contribution < -0.4 is 10.9 Å². The molecule has 2 heterocycles. The van der Waals surface area contributed by atoms with Gasteiger partial charge in [0.25, 0.3) is 5.56 Å². The lowest BCUT2D eigenvalue weighted by Crippen LogP contribution is -2.27. The zero-order chi connectivity index (χ0) is 13.7. The molecule has 1 fully saturated rings. The van der Waals surface area contributed by atoms with Gasteiger partial charge in [-0.1, -0.05) is 18.0 Å². The first-order valence-electron chi connectivity index (χ1n) is 6.44. The van der Waals surface area contributed by atoms with Crippen LogP contribution in [-0.2, 0) is 6.54 Å². The number of hydrogen-bond donors (Lipinski definition) is 2. The minimum Gasteiger partial charge on any atom is -0.394 e. The van der Waals surface area contributed by atoms with E-state index in [2.05, 4.69) is 10.4 Å². The minimum absolute atomic E-state index is 0.130. The second-order valence-corrected chi connectivity index (χ2v) is 6.28. The summed E-state index contributed by atoms with van der Waals surface area (Å²) in [7, 11) is 0. The Bertz CT molecular complexity index is 475. The predicted octanol–water partition coefficient (Wildman–Crippen LogP) is 1.59. The third-order valence-electron chi connectivity index (χ3n) is 3.09. The Kier molecular flexibility index (Phi) is 5.54. The van der Waals surface area contributed by atoms with Crippen LogP contribution in [0, 0.1) is 0 Å². The van der Waals surface area contributed by atoms with Crippen molar-refractivity contribution in [1.82, 2.24) is 9.78 Å². The number of halogens is 1. The highest BCUT2D eigenvalue weighted by molar-refractivity contribution is 7.99. The average Bonchev–Trinajstić information content (AvgIpc) is 2.44. The number of nitrogens with one attached hydrogen (secondary N) is 1. The second kappa shape index (κ2) is 7.17. The van der Waals surface area contributed by atoms with Crippen molar-refractivity contribution in [2.75, 3.05) is 24.2 Å². The zero-order valence-corrected chi connectivity index (χ0v) is 12.2. The summed E-state index contributed by atoms with van der Waals surface area (Å²) in [6, 6.07) is 0. The van der Waals surface area contributed by atoms with E-state index in [0.717, 1.165) is 6.54 Å². The molecule has 2 rings (SSSR count). The van der Waals surface area contributed by atoms with Crippen LogP contribution in [0.2, 0.25) is 5.02 Å². The van der Waals surface area contributed by atoms with Gasteiger partial charge in [-0.2, -0.15) is 16.9 Å². The highest BCUT2D eigenvalue weighted by Gasteiger charge is 2.15. The molecule has 106 valence electrons. The van der Waals surface area contributed by atoms with Crippen molar-refractivity contribution in [3.8, 4) is 0 Å². The molecule has 0 amide bonds. The lowest BCUT2D eigenvalue weighted by Gasteiger charge is -2.22. The average molecular weight is 304 g/mol. The van der Waals surface area contributed by atoms with E-state index in [-0.39, 0.29) is 23.7 Å². The molecule has 0 bridgehead atoms. The maximum absolute atomic E-state index is 11.8. The highest BCUT2D eigenvalue weighted by atomic mass is 35.5. The molecule has 2 N–H and O–H groups in total. The molecule has 7 heteroatoms. The van der Waals surface area contributed by atoms with E-state index >= 15 is 0 Å². The molecule has 0 aromatic carbocycles. The van der Waals surface area contributed by atoms with E-state index in [0.29, 0.717) is 10.9 Å². The van der Waals surface area contributed by atoms with Gasteiger partial charge in [-0.05, 0) is 18.6 Å². The van der Waals surface area contributed by atoms with Gasteiger partial charge in [-0.25, -0.2) is 4.68 Å². The van der Waals surface area contributed by atoms with Crippen LogP contribution in [0.25, 0.3) is 0 Å². The third kappa shape index (κ3) is 3.87. The van der Waals surface area contributed by atoms with E-state index in [4.69, 9.17) is 16.7 Å². The number of aliphatic hydroxyl groups is 1. The fraction of sp³-hybridized carbons (Fsp3) is 0.667. The van der Waals surface area contributed by atoms with Gasteiger partial charge in [0.05, 0.1) is 25.0 Å². The van der Waals surface area contributed by atoms with E-state index in [9.17, 15) is 4.79 Å². The largest absolute Gasteiger partial charge is 0.394 e. The van der Waals surface area contributed by atoms with Gasteiger partial charge in [0.15, 0.2) is 0 Å². The normalized spacial score (nSPS) is 19.4. The molecule has 1 unspecified atom stereocenters. The molecule has 19 heavy (non-hydrogen) atoms. The minimum atomic E-state index is -0.364. The number of rotatable bonds is 5. The Balaban J connectivity index is 2.00. The van der Waals surface area contributed by atoms with Gasteiger partial charge in [0.2, 0.25) is 0 Å². The Labute approximate surface area is 121 Å². The van der Waals surface area contributed by atoms with E-state index in [1.165, 1.54) is 29.7 Å². The standard InChI is InChI=1S/C12H18ClN3O2S/c13-11-10(8-15-16(4-5-17)12(11)18)14-7-9-3-1-2-6-19-9/h8-9,14,17H,1-7H2. The molecule has 1 aromatic rings. The van der Waals surface area contributed by atoms with Crippen LogP contribution in [0.1, 0.15) is 19.3 Å². The smallest absolute Gasteiger partial charge is 0.287 e. The summed E-state index contributed by atoms with van der Waals surface area (Å²) >= 11 is 7.99. The van der Waals surface area contributed by atoms with Crippen LogP contribution in [0.15, 0.2) is 11.0 Å².